The number of nitrogens with one attached hydrogen (secondary N) is 1. The molecule has 5 heteroatoms. The second-order valence-corrected chi connectivity index (χ2v) is 9.47. The summed E-state index contributed by atoms with van der Waals surface area (Å²) >= 11 is 0. The molecule has 2 fully saturated rings. The van der Waals surface area contributed by atoms with E-state index in [4.69, 9.17) is 4.74 Å². The summed E-state index contributed by atoms with van der Waals surface area (Å²) in [7, 11) is 0. The van der Waals surface area contributed by atoms with Crippen LogP contribution in [0.25, 0.3) is 0 Å². The molecule has 0 aromatic heterocycles. The Balaban J connectivity index is 1.29. The van der Waals surface area contributed by atoms with Gasteiger partial charge in [0.15, 0.2) is 0 Å². The molecule has 1 saturated heterocycles. The lowest BCUT2D eigenvalue weighted by atomic mass is 9.77. The van der Waals surface area contributed by atoms with Crippen LogP contribution in [0, 0.1) is 11.7 Å². The summed E-state index contributed by atoms with van der Waals surface area (Å²) in [6.07, 6.45) is 6.83. The van der Waals surface area contributed by atoms with Crippen molar-refractivity contribution in [2.75, 3.05) is 31.6 Å². The third-order valence-corrected chi connectivity index (χ3v) is 7.16. The molecule has 1 aliphatic carbocycles. The van der Waals surface area contributed by atoms with Crippen LogP contribution in [0.15, 0.2) is 48.5 Å². The van der Waals surface area contributed by atoms with Gasteiger partial charge in [-0.3, -0.25) is 4.79 Å². The first-order valence-electron chi connectivity index (χ1n) is 12.1. The zero-order valence-corrected chi connectivity index (χ0v) is 19.1. The molecule has 1 amide bonds. The summed E-state index contributed by atoms with van der Waals surface area (Å²) in [5.74, 6) is 1.24. The average molecular weight is 439 g/mol. The van der Waals surface area contributed by atoms with E-state index in [0.29, 0.717) is 30.7 Å². The lowest BCUT2D eigenvalue weighted by molar-refractivity contribution is -0.121. The van der Waals surface area contributed by atoms with Crippen molar-refractivity contribution in [3.8, 4) is 5.75 Å². The van der Waals surface area contributed by atoms with E-state index in [0.717, 1.165) is 37.5 Å². The van der Waals surface area contributed by atoms with Crippen molar-refractivity contribution in [3.63, 3.8) is 0 Å². The molecule has 172 valence electrons. The van der Waals surface area contributed by atoms with Crippen LogP contribution < -0.4 is 10.1 Å². The monoisotopic (exact) mass is 438 g/mol. The molecular formula is C27H35FN2O2. The predicted molar refractivity (Wildman–Crippen MR) is 127 cm³/mol. The highest BCUT2D eigenvalue weighted by molar-refractivity contribution is 5.99. The summed E-state index contributed by atoms with van der Waals surface area (Å²) < 4.78 is 20.4. The number of hydrogen-bond acceptors (Lipinski definition) is 3. The first-order chi connectivity index (χ1) is 15.6. The Kier molecular flexibility index (Phi) is 7.46. The topological polar surface area (TPSA) is 41.6 Å². The molecule has 1 N–H and O–H groups in total. The minimum atomic E-state index is -0.785. The summed E-state index contributed by atoms with van der Waals surface area (Å²) in [4.78, 5) is 15.8. The van der Waals surface area contributed by atoms with Gasteiger partial charge in [0.1, 0.15) is 11.6 Å². The number of carbonyl (C=O) groups excluding carboxylic acids is 1. The fraction of sp³-hybridized carbons (Fsp3) is 0.519. The van der Waals surface area contributed by atoms with E-state index in [-0.39, 0.29) is 11.7 Å². The van der Waals surface area contributed by atoms with E-state index in [1.165, 1.54) is 32.0 Å². The first kappa shape index (κ1) is 22.8. The van der Waals surface area contributed by atoms with Crippen molar-refractivity contribution < 1.29 is 13.9 Å². The van der Waals surface area contributed by atoms with Crippen LogP contribution in [-0.2, 0) is 10.2 Å². The lowest BCUT2D eigenvalue weighted by Gasteiger charge is -2.30. The van der Waals surface area contributed by atoms with Gasteiger partial charge in [0.2, 0.25) is 5.91 Å². The van der Waals surface area contributed by atoms with Gasteiger partial charge in [0, 0.05) is 17.8 Å². The molecule has 1 saturated carbocycles. The van der Waals surface area contributed by atoms with E-state index >= 15 is 0 Å². The third kappa shape index (κ3) is 5.32. The first-order valence-corrected chi connectivity index (χ1v) is 12.1. The van der Waals surface area contributed by atoms with Gasteiger partial charge in [-0.15, -0.1) is 0 Å². The highest BCUT2D eigenvalue weighted by Gasteiger charge is 2.44. The maximum Gasteiger partial charge on any atom is 0.235 e. The van der Waals surface area contributed by atoms with Gasteiger partial charge >= 0.3 is 0 Å². The number of halogens is 1. The third-order valence-electron chi connectivity index (χ3n) is 7.16. The Bertz CT molecular complexity index is 885. The average Bonchev–Trinajstić information content (AvgIpc) is 3.30. The molecule has 1 heterocycles. The summed E-state index contributed by atoms with van der Waals surface area (Å²) in [6.45, 7) is 6.50. The van der Waals surface area contributed by atoms with Crippen LogP contribution in [0.5, 0.6) is 5.75 Å². The van der Waals surface area contributed by atoms with Crippen LogP contribution in [0.2, 0.25) is 0 Å². The lowest BCUT2D eigenvalue weighted by Crippen LogP contribution is -2.38. The normalized spacial score (nSPS) is 19.1. The van der Waals surface area contributed by atoms with E-state index < -0.39 is 5.41 Å². The number of anilines is 1. The minimum absolute atomic E-state index is 0.121. The summed E-state index contributed by atoms with van der Waals surface area (Å²) in [5, 5.41) is 3.02. The molecule has 0 spiro atoms. The van der Waals surface area contributed by atoms with Crippen molar-refractivity contribution >= 4 is 11.6 Å². The largest absolute Gasteiger partial charge is 0.494 e. The predicted octanol–water partition coefficient (Wildman–Crippen LogP) is 5.78. The van der Waals surface area contributed by atoms with Gasteiger partial charge in [-0.25, -0.2) is 4.39 Å². The maximum absolute atomic E-state index is 14.5. The second kappa shape index (κ2) is 10.5. The Morgan fingerprint density at radius 1 is 1.09 bits per heavy atom. The molecular weight excluding hydrogens is 403 g/mol. The maximum atomic E-state index is 14.5. The smallest absolute Gasteiger partial charge is 0.235 e. The zero-order chi connectivity index (χ0) is 22.4. The van der Waals surface area contributed by atoms with Crippen LogP contribution in [0.3, 0.4) is 0 Å². The number of hydrogen-bond donors (Lipinski definition) is 1. The Morgan fingerprint density at radius 2 is 1.78 bits per heavy atom. The number of rotatable bonds is 8. The Hall–Kier alpha value is -2.40. The zero-order valence-electron chi connectivity index (χ0n) is 19.1. The number of piperidine rings is 1. The molecule has 0 radical (unpaired) electrons. The van der Waals surface area contributed by atoms with Gasteiger partial charge < -0.3 is 15.0 Å². The number of ether oxygens (including phenoxy) is 1. The van der Waals surface area contributed by atoms with Crippen molar-refractivity contribution in [2.45, 2.75) is 57.3 Å². The number of nitrogens with zero attached hydrogens (tertiary/aromatic N) is 1. The number of likely N-dealkylation sites (tertiary alicyclic amines) is 1. The van der Waals surface area contributed by atoms with Crippen molar-refractivity contribution in [3.05, 3.63) is 59.9 Å². The molecule has 0 unspecified atom stereocenters. The van der Waals surface area contributed by atoms with Gasteiger partial charge in [0.25, 0.3) is 0 Å². The molecule has 4 nitrogen and oxygen atoms in total. The molecule has 0 atom stereocenters. The highest BCUT2D eigenvalue weighted by atomic mass is 19.1. The van der Waals surface area contributed by atoms with E-state index in [2.05, 4.69) is 17.1 Å². The van der Waals surface area contributed by atoms with Crippen LogP contribution >= 0.6 is 0 Å². The SMILES string of the molecule is CC1CCN(CCCOc2ccc(NC(=O)C3(c4ccccc4F)CCCC3)cc2)CC1. The van der Waals surface area contributed by atoms with Crippen LogP contribution in [0.4, 0.5) is 10.1 Å². The van der Waals surface area contributed by atoms with Gasteiger partial charge in [0.05, 0.1) is 12.0 Å². The van der Waals surface area contributed by atoms with Gasteiger partial charge in [-0.2, -0.15) is 0 Å². The molecule has 2 aliphatic rings. The van der Waals surface area contributed by atoms with Crippen LogP contribution in [-0.4, -0.2) is 37.0 Å². The molecule has 0 bridgehead atoms. The Morgan fingerprint density at radius 3 is 2.47 bits per heavy atom. The summed E-state index contributed by atoms with van der Waals surface area (Å²) in [6, 6.07) is 14.2. The quantitative estimate of drug-likeness (QED) is 0.532. The molecule has 1 aliphatic heterocycles. The standard InChI is InChI=1S/C27H35FN2O2/c1-21-13-18-30(19-14-21)17-6-20-32-23-11-9-22(10-12-23)29-26(31)27(15-4-5-16-27)24-7-2-3-8-25(24)28/h2-3,7-12,21H,4-6,13-20H2,1H3,(H,29,31). The van der Waals surface area contributed by atoms with Crippen molar-refractivity contribution in [1.29, 1.82) is 0 Å². The molecule has 4 rings (SSSR count). The van der Waals surface area contributed by atoms with E-state index in [1.807, 2.05) is 30.3 Å². The molecule has 2 aromatic carbocycles. The second-order valence-electron chi connectivity index (χ2n) is 9.47. The highest BCUT2D eigenvalue weighted by Crippen LogP contribution is 2.43. The fourth-order valence-electron chi connectivity index (χ4n) is 5.10. The Labute approximate surface area is 191 Å². The molecule has 32 heavy (non-hydrogen) atoms. The van der Waals surface area contributed by atoms with Crippen molar-refractivity contribution in [1.82, 2.24) is 4.90 Å². The molecule has 2 aromatic rings. The fourth-order valence-corrected chi connectivity index (χ4v) is 5.10. The number of amides is 1. The number of carbonyl (C=O) groups is 1. The van der Waals surface area contributed by atoms with Gasteiger partial charge in [-0.1, -0.05) is 38.0 Å². The van der Waals surface area contributed by atoms with Crippen LogP contribution in [0.1, 0.15) is 57.4 Å². The van der Waals surface area contributed by atoms with E-state index in [9.17, 15) is 9.18 Å². The minimum Gasteiger partial charge on any atom is -0.494 e. The van der Waals surface area contributed by atoms with Gasteiger partial charge in [-0.05, 0) is 81.4 Å². The van der Waals surface area contributed by atoms with Crippen molar-refractivity contribution in [2.24, 2.45) is 5.92 Å². The van der Waals surface area contributed by atoms with E-state index in [1.54, 1.807) is 12.1 Å². The summed E-state index contributed by atoms with van der Waals surface area (Å²) in [5.41, 5.74) is 0.442. The number of benzene rings is 2.